The number of hydrogen-bond acceptors (Lipinski definition) is 4. The van der Waals surface area contributed by atoms with Gasteiger partial charge in [0, 0.05) is 36.3 Å². The van der Waals surface area contributed by atoms with Gasteiger partial charge in [0.25, 0.3) is 0 Å². The van der Waals surface area contributed by atoms with Gasteiger partial charge in [-0.2, -0.15) is 5.10 Å². The van der Waals surface area contributed by atoms with Gasteiger partial charge in [-0.1, -0.05) is 12.1 Å². The number of likely N-dealkylation sites (tertiary alicyclic amines) is 1. The van der Waals surface area contributed by atoms with Gasteiger partial charge < -0.3 is 4.90 Å². The fourth-order valence-corrected chi connectivity index (χ4v) is 4.00. The zero-order valence-electron chi connectivity index (χ0n) is 14.1. The summed E-state index contributed by atoms with van der Waals surface area (Å²) >= 11 is 1.68. The van der Waals surface area contributed by atoms with Gasteiger partial charge in [0.15, 0.2) is 0 Å². The summed E-state index contributed by atoms with van der Waals surface area (Å²) in [6.45, 7) is 6.46. The Balaban J connectivity index is 1.65. The van der Waals surface area contributed by atoms with Gasteiger partial charge in [-0.15, -0.1) is 17.9 Å². The highest BCUT2D eigenvalue weighted by Crippen LogP contribution is 2.31. The van der Waals surface area contributed by atoms with Crippen molar-refractivity contribution in [1.29, 1.82) is 0 Å². The topological polar surface area (TPSA) is 41.4 Å². The van der Waals surface area contributed by atoms with E-state index in [-0.39, 0.29) is 5.91 Å². The molecule has 3 rings (SSSR count). The molecule has 0 bridgehead atoms. The Hall–Kier alpha value is -1.92. The van der Waals surface area contributed by atoms with Gasteiger partial charge in [-0.3, -0.25) is 14.4 Å². The average Bonchev–Trinajstić information content (AvgIpc) is 3.28. The molecule has 1 saturated heterocycles. The Bertz CT molecular complexity index is 679. The summed E-state index contributed by atoms with van der Waals surface area (Å²) in [5.74, 6) is 0.166. The number of hydrogen-bond donors (Lipinski definition) is 0. The molecule has 0 aliphatic carbocycles. The van der Waals surface area contributed by atoms with Crippen molar-refractivity contribution in [1.82, 2.24) is 19.6 Å². The van der Waals surface area contributed by atoms with Crippen molar-refractivity contribution in [2.75, 3.05) is 19.6 Å². The molecule has 3 heterocycles. The molecule has 0 N–H and O–H groups in total. The highest BCUT2D eigenvalue weighted by molar-refractivity contribution is 7.09. The monoisotopic (exact) mass is 344 g/mol. The van der Waals surface area contributed by atoms with Crippen LogP contribution in [0.25, 0.3) is 0 Å². The lowest BCUT2D eigenvalue weighted by atomic mass is 10.1. The number of aromatic nitrogens is 2. The number of amides is 1. The predicted octanol–water partition coefficient (Wildman–Crippen LogP) is 2.83. The Morgan fingerprint density at radius 2 is 2.46 bits per heavy atom. The average molecular weight is 344 g/mol. The van der Waals surface area contributed by atoms with Crippen LogP contribution in [-0.2, 0) is 18.4 Å². The molecule has 5 nitrogen and oxygen atoms in total. The number of thiophene rings is 1. The Kier molecular flexibility index (Phi) is 5.48. The van der Waals surface area contributed by atoms with E-state index in [1.807, 2.05) is 34.3 Å². The van der Waals surface area contributed by atoms with Crippen LogP contribution in [0.2, 0.25) is 0 Å². The van der Waals surface area contributed by atoms with Crippen molar-refractivity contribution in [3.05, 3.63) is 53.0 Å². The lowest BCUT2D eigenvalue weighted by molar-refractivity contribution is -0.132. The molecule has 24 heavy (non-hydrogen) atoms. The molecular formula is C18H24N4OS. The number of carbonyl (C=O) groups is 1. The fraction of sp³-hybridized carbons (Fsp3) is 0.444. The first kappa shape index (κ1) is 16.9. The summed E-state index contributed by atoms with van der Waals surface area (Å²) in [5, 5.41) is 6.32. The Morgan fingerprint density at radius 1 is 1.58 bits per heavy atom. The van der Waals surface area contributed by atoms with Crippen molar-refractivity contribution in [2.45, 2.75) is 25.4 Å². The summed E-state index contributed by atoms with van der Waals surface area (Å²) in [7, 11) is 1.93. The second-order valence-corrected chi connectivity index (χ2v) is 7.25. The van der Waals surface area contributed by atoms with E-state index >= 15 is 0 Å². The first-order valence-corrected chi connectivity index (χ1v) is 9.19. The van der Waals surface area contributed by atoms with Gasteiger partial charge in [0.2, 0.25) is 5.91 Å². The summed E-state index contributed by atoms with van der Waals surface area (Å²) < 4.78 is 1.83. The molecule has 2 aromatic rings. The van der Waals surface area contributed by atoms with E-state index in [9.17, 15) is 4.79 Å². The van der Waals surface area contributed by atoms with Crippen molar-refractivity contribution >= 4 is 17.2 Å². The maximum Gasteiger partial charge on any atom is 0.237 e. The predicted molar refractivity (Wildman–Crippen MR) is 96.7 cm³/mol. The van der Waals surface area contributed by atoms with E-state index in [2.05, 4.69) is 28.8 Å². The first-order valence-electron chi connectivity index (χ1n) is 8.31. The zero-order chi connectivity index (χ0) is 16.9. The number of aryl methyl sites for hydroxylation is 1. The van der Waals surface area contributed by atoms with E-state index in [1.165, 1.54) is 10.4 Å². The van der Waals surface area contributed by atoms with Crippen molar-refractivity contribution in [3.63, 3.8) is 0 Å². The van der Waals surface area contributed by atoms with E-state index < -0.39 is 0 Å². The number of carbonyl (C=O) groups excluding carboxylic acids is 1. The Morgan fingerprint density at radius 3 is 3.12 bits per heavy atom. The molecule has 1 aliphatic heterocycles. The minimum absolute atomic E-state index is 0.166. The van der Waals surface area contributed by atoms with Gasteiger partial charge in [-0.25, -0.2) is 0 Å². The molecule has 1 amide bonds. The third kappa shape index (κ3) is 3.94. The zero-order valence-corrected chi connectivity index (χ0v) is 14.9. The molecule has 128 valence electrons. The van der Waals surface area contributed by atoms with E-state index in [0.29, 0.717) is 25.7 Å². The smallest absolute Gasteiger partial charge is 0.237 e. The van der Waals surface area contributed by atoms with Gasteiger partial charge >= 0.3 is 0 Å². The number of rotatable bonds is 7. The van der Waals surface area contributed by atoms with Crippen LogP contribution in [0.1, 0.15) is 29.3 Å². The van der Waals surface area contributed by atoms with Crippen LogP contribution in [0, 0.1) is 0 Å². The third-order valence-corrected chi connectivity index (χ3v) is 5.30. The van der Waals surface area contributed by atoms with Crippen LogP contribution in [0.4, 0.5) is 0 Å². The molecule has 2 aromatic heterocycles. The largest absolute Gasteiger partial charge is 0.333 e. The second kappa shape index (κ2) is 7.77. The number of nitrogens with zero attached hydrogens (tertiary/aromatic N) is 4. The molecule has 6 heteroatoms. The second-order valence-electron chi connectivity index (χ2n) is 6.22. The maximum atomic E-state index is 12.8. The summed E-state index contributed by atoms with van der Waals surface area (Å²) in [6.07, 6.45) is 7.99. The van der Waals surface area contributed by atoms with Crippen LogP contribution in [0.15, 0.2) is 42.6 Å². The maximum absolute atomic E-state index is 12.8. The van der Waals surface area contributed by atoms with Crippen LogP contribution in [-0.4, -0.2) is 45.1 Å². The molecule has 0 aromatic carbocycles. The molecule has 0 spiro atoms. The fourth-order valence-electron chi connectivity index (χ4n) is 3.28. The van der Waals surface area contributed by atoms with E-state index in [1.54, 1.807) is 17.4 Å². The van der Waals surface area contributed by atoms with Crippen LogP contribution < -0.4 is 0 Å². The van der Waals surface area contributed by atoms with Gasteiger partial charge in [0.05, 0.1) is 19.3 Å². The van der Waals surface area contributed by atoms with Crippen molar-refractivity contribution in [2.24, 2.45) is 7.05 Å². The molecular weight excluding hydrogens is 320 g/mol. The standard InChI is InChI=1S/C18H24N4OS/c1-3-8-22(13-16-6-5-10-24-16)18(23)14-21-9-4-7-17(21)15-11-19-20(2)12-15/h3,5-6,10-12,17H,1,4,7-9,13-14H2,2H3. The molecule has 0 saturated carbocycles. The highest BCUT2D eigenvalue weighted by atomic mass is 32.1. The first-order chi connectivity index (χ1) is 11.7. The van der Waals surface area contributed by atoms with Gasteiger partial charge in [0.1, 0.15) is 0 Å². The van der Waals surface area contributed by atoms with Crippen LogP contribution in [0.3, 0.4) is 0 Å². The van der Waals surface area contributed by atoms with E-state index in [4.69, 9.17) is 0 Å². The summed E-state index contributed by atoms with van der Waals surface area (Å²) in [6, 6.07) is 4.40. The van der Waals surface area contributed by atoms with Gasteiger partial charge in [-0.05, 0) is 30.8 Å². The van der Waals surface area contributed by atoms with Crippen molar-refractivity contribution < 1.29 is 4.79 Å². The molecule has 1 unspecified atom stereocenters. The van der Waals surface area contributed by atoms with Crippen molar-refractivity contribution in [3.8, 4) is 0 Å². The lowest BCUT2D eigenvalue weighted by Crippen LogP contribution is -2.39. The minimum Gasteiger partial charge on any atom is -0.333 e. The molecule has 0 radical (unpaired) electrons. The molecule has 1 atom stereocenters. The normalized spacial score (nSPS) is 18.0. The van der Waals surface area contributed by atoms with Crippen LogP contribution >= 0.6 is 11.3 Å². The summed E-state index contributed by atoms with van der Waals surface area (Å²) in [4.78, 5) is 18.2. The minimum atomic E-state index is 0.166. The lowest BCUT2D eigenvalue weighted by Gasteiger charge is -2.27. The Labute approximate surface area is 147 Å². The van der Waals surface area contributed by atoms with E-state index in [0.717, 1.165) is 19.4 Å². The van der Waals surface area contributed by atoms with Crippen LogP contribution in [0.5, 0.6) is 0 Å². The summed E-state index contributed by atoms with van der Waals surface area (Å²) in [5.41, 5.74) is 1.20. The highest BCUT2D eigenvalue weighted by Gasteiger charge is 2.29. The third-order valence-electron chi connectivity index (χ3n) is 4.44. The SMILES string of the molecule is C=CCN(Cc1cccs1)C(=O)CN1CCCC1c1cnn(C)c1. The quantitative estimate of drug-likeness (QED) is 0.725. The molecule has 1 aliphatic rings. The molecule has 1 fully saturated rings.